The molecule has 1 amide bonds. The van der Waals surface area contributed by atoms with E-state index in [1.54, 1.807) is 6.92 Å². The molecule has 6 nitrogen and oxygen atoms in total. The Kier molecular flexibility index (Phi) is 4.06. The van der Waals surface area contributed by atoms with E-state index >= 15 is 0 Å². The predicted octanol–water partition coefficient (Wildman–Crippen LogP) is -1.56. The minimum Gasteiger partial charge on any atom is -0.369 e. The van der Waals surface area contributed by atoms with Crippen molar-refractivity contribution in [3.05, 3.63) is 0 Å². The molecule has 0 unspecified atom stereocenters. The Labute approximate surface area is 90.1 Å². The number of carbonyl (C=O) groups excluding carboxylic acids is 1. The van der Waals surface area contributed by atoms with Gasteiger partial charge in [0.05, 0.1) is 12.3 Å². The summed E-state index contributed by atoms with van der Waals surface area (Å²) in [6.45, 7) is 3.88. The average Bonchev–Trinajstić information content (AvgIpc) is 2.18. The number of piperazine rings is 1. The maximum absolute atomic E-state index is 11.5. The Balaban J connectivity index is 2.46. The minimum absolute atomic E-state index is 0.128. The first-order valence-corrected chi connectivity index (χ1v) is 6.55. The monoisotopic (exact) mass is 235 g/mol. The number of amides is 1. The van der Waals surface area contributed by atoms with Gasteiger partial charge in [0.1, 0.15) is 0 Å². The van der Waals surface area contributed by atoms with Gasteiger partial charge in [-0.15, -0.1) is 0 Å². The second kappa shape index (κ2) is 4.91. The van der Waals surface area contributed by atoms with Gasteiger partial charge in [-0.3, -0.25) is 9.69 Å². The molecule has 2 N–H and O–H groups in total. The minimum atomic E-state index is -3.08. The molecule has 88 valence electrons. The molecule has 7 heteroatoms. The molecular formula is C8H17N3O3S. The van der Waals surface area contributed by atoms with Crippen LogP contribution in [0.5, 0.6) is 0 Å². The van der Waals surface area contributed by atoms with Crippen molar-refractivity contribution in [1.29, 1.82) is 0 Å². The standard InChI is InChI=1S/C8H17N3O3S/c1-2-15(13,14)11-5-3-10(4-6-11)7-8(9)12/h2-7H2,1H3,(H2,9,12). The van der Waals surface area contributed by atoms with E-state index in [2.05, 4.69) is 0 Å². The Morgan fingerprint density at radius 2 is 1.80 bits per heavy atom. The van der Waals surface area contributed by atoms with Crippen molar-refractivity contribution in [2.45, 2.75) is 6.92 Å². The fourth-order valence-corrected chi connectivity index (χ4v) is 2.65. The normalized spacial score (nSPS) is 20.3. The van der Waals surface area contributed by atoms with Crippen molar-refractivity contribution >= 4 is 15.9 Å². The second-order valence-electron chi connectivity index (χ2n) is 3.54. The summed E-state index contributed by atoms with van der Waals surface area (Å²) in [4.78, 5) is 12.5. The molecule has 0 bridgehead atoms. The summed E-state index contributed by atoms with van der Waals surface area (Å²) in [6, 6.07) is 0. The van der Waals surface area contributed by atoms with Crippen LogP contribution in [-0.4, -0.2) is 62.0 Å². The van der Waals surface area contributed by atoms with Crippen LogP contribution in [0.4, 0.5) is 0 Å². The lowest BCUT2D eigenvalue weighted by Gasteiger charge is -2.32. The highest BCUT2D eigenvalue weighted by molar-refractivity contribution is 7.89. The number of rotatable bonds is 4. The zero-order chi connectivity index (χ0) is 11.5. The molecule has 1 aliphatic heterocycles. The van der Waals surface area contributed by atoms with E-state index in [0.29, 0.717) is 26.2 Å². The van der Waals surface area contributed by atoms with E-state index < -0.39 is 10.0 Å². The van der Waals surface area contributed by atoms with Crippen LogP contribution in [0.1, 0.15) is 6.92 Å². The second-order valence-corrected chi connectivity index (χ2v) is 5.80. The lowest BCUT2D eigenvalue weighted by Crippen LogP contribution is -2.50. The van der Waals surface area contributed by atoms with Crippen molar-refractivity contribution in [2.24, 2.45) is 5.73 Å². The Morgan fingerprint density at radius 3 is 2.20 bits per heavy atom. The predicted molar refractivity (Wildman–Crippen MR) is 56.7 cm³/mol. The van der Waals surface area contributed by atoms with E-state index in [4.69, 9.17) is 5.73 Å². The Morgan fingerprint density at radius 1 is 1.27 bits per heavy atom. The third kappa shape index (κ3) is 3.44. The average molecular weight is 235 g/mol. The molecule has 0 radical (unpaired) electrons. The summed E-state index contributed by atoms with van der Waals surface area (Å²) in [7, 11) is -3.08. The zero-order valence-corrected chi connectivity index (χ0v) is 9.66. The summed E-state index contributed by atoms with van der Waals surface area (Å²) in [5.41, 5.74) is 5.06. The van der Waals surface area contributed by atoms with Crippen LogP contribution in [-0.2, 0) is 14.8 Å². The fraction of sp³-hybridized carbons (Fsp3) is 0.875. The Hall–Kier alpha value is -0.660. The lowest BCUT2D eigenvalue weighted by molar-refractivity contribution is -0.119. The number of sulfonamides is 1. The number of carbonyl (C=O) groups is 1. The molecule has 0 saturated carbocycles. The first-order chi connectivity index (χ1) is 6.95. The van der Waals surface area contributed by atoms with Gasteiger partial charge < -0.3 is 5.73 Å². The maximum atomic E-state index is 11.5. The van der Waals surface area contributed by atoms with E-state index in [1.165, 1.54) is 4.31 Å². The number of hydrogen-bond donors (Lipinski definition) is 1. The third-order valence-corrected chi connectivity index (χ3v) is 4.35. The lowest BCUT2D eigenvalue weighted by atomic mass is 10.3. The molecule has 0 spiro atoms. The summed E-state index contributed by atoms with van der Waals surface area (Å²) in [5.74, 6) is -0.246. The quantitative estimate of drug-likeness (QED) is 0.638. The van der Waals surface area contributed by atoms with Crippen LogP contribution in [0.3, 0.4) is 0 Å². The SMILES string of the molecule is CCS(=O)(=O)N1CCN(CC(N)=O)CC1. The maximum Gasteiger partial charge on any atom is 0.231 e. The van der Waals surface area contributed by atoms with Crippen molar-refractivity contribution in [3.8, 4) is 0 Å². The highest BCUT2D eigenvalue weighted by Crippen LogP contribution is 2.07. The van der Waals surface area contributed by atoms with Crippen LogP contribution >= 0.6 is 0 Å². The van der Waals surface area contributed by atoms with Gasteiger partial charge in [0.2, 0.25) is 15.9 Å². The van der Waals surface area contributed by atoms with E-state index in [-0.39, 0.29) is 18.2 Å². The van der Waals surface area contributed by atoms with Crippen LogP contribution in [0.2, 0.25) is 0 Å². The summed E-state index contributed by atoms with van der Waals surface area (Å²) < 4.78 is 24.5. The van der Waals surface area contributed by atoms with Gasteiger partial charge in [0.25, 0.3) is 0 Å². The first-order valence-electron chi connectivity index (χ1n) is 4.94. The van der Waals surface area contributed by atoms with Crippen molar-refractivity contribution in [1.82, 2.24) is 9.21 Å². The molecule has 0 atom stereocenters. The molecular weight excluding hydrogens is 218 g/mol. The van der Waals surface area contributed by atoms with Crippen LogP contribution in [0.25, 0.3) is 0 Å². The number of nitrogens with two attached hydrogens (primary N) is 1. The topological polar surface area (TPSA) is 83.7 Å². The van der Waals surface area contributed by atoms with E-state index in [0.717, 1.165) is 0 Å². The molecule has 15 heavy (non-hydrogen) atoms. The van der Waals surface area contributed by atoms with Gasteiger partial charge >= 0.3 is 0 Å². The number of primary amides is 1. The molecule has 0 aromatic heterocycles. The van der Waals surface area contributed by atoms with Crippen LogP contribution in [0.15, 0.2) is 0 Å². The molecule has 1 saturated heterocycles. The van der Waals surface area contributed by atoms with Crippen molar-refractivity contribution < 1.29 is 13.2 Å². The molecule has 0 aromatic rings. The van der Waals surface area contributed by atoms with E-state index in [1.807, 2.05) is 4.90 Å². The summed E-state index contributed by atoms with van der Waals surface area (Å²) >= 11 is 0. The molecule has 1 aliphatic rings. The largest absolute Gasteiger partial charge is 0.369 e. The Bertz CT molecular complexity index is 320. The highest BCUT2D eigenvalue weighted by Gasteiger charge is 2.25. The fourth-order valence-electron chi connectivity index (χ4n) is 1.57. The van der Waals surface area contributed by atoms with Gasteiger partial charge in [0, 0.05) is 26.2 Å². The molecule has 0 aromatic carbocycles. The number of nitrogens with zero attached hydrogens (tertiary/aromatic N) is 2. The smallest absolute Gasteiger partial charge is 0.231 e. The van der Waals surface area contributed by atoms with Gasteiger partial charge in [0.15, 0.2) is 0 Å². The van der Waals surface area contributed by atoms with Crippen molar-refractivity contribution in [3.63, 3.8) is 0 Å². The van der Waals surface area contributed by atoms with E-state index in [9.17, 15) is 13.2 Å². The molecule has 1 fully saturated rings. The summed E-state index contributed by atoms with van der Waals surface area (Å²) in [5, 5.41) is 0. The first kappa shape index (κ1) is 12.4. The zero-order valence-electron chi connectivity index (χ0n) is 8.85. The van der Waals surface area contributed by atoms with Gasteiger partial charge in [-0.05, 0) is 6.92 Å². The molecule has 1 rings (SSSR count). The van der Waals surface area contributed by atoms with Gasteiger partial charge in [-0.1, -0.05) is 0 Å². The third-order valence-electron chi connectivity index (χ3n) is 2.47. The highest BCUT2D eigenvalue weighted by atomic mass is 32.2. The van der Waals surface area contributed by atoms with Crippen LogP contribution < -0.4 is 5.73 Å². The van der Waals surface area contributed by atoms with Gasteiger partial charge in [-0.25, -0.2) is 8.42 Å². The molecule has 0 aliphatic carbocycles. The van der Waals surface area contributed by atoms with Crippen molar-refractivity contribution in [2.75, 3.05) is 38.5 Å². The van der Waals surface area contributed by atoms with Gasteiger partial charge in [-0.2, -0.15) is 4.31 Å². The molecule has 1 heterocycles. The summed E-state index contributed by atoms with van der Waals surface area (Å²) in [6.07, 6.45) is 0. The van der Waals surface area contributed by atoms with Crippen LogP contribution in [0, 0.1) is 0 Å². The number of hydrogen-bond acceptors (Lipinski definition) is 4.